The fraction of sp³-hybridized carbons (Fsp3) is 0.500. The lowest BCUT2D eigenvalue weighted by Crippen LogP contribution is -2.05. The van der Waals surface area contributed by atoms with Gasteiger partial charge in [0.05, 0.1) is 13.2 Å². The van der Waals surface area contributed by atoms with Gasteiger partial charge in [0.25, 0.3) is 0 Å². The maximum absolute atomic E-state index is 10.5. The summed E-state index contributed by atoms with van der Waals surface area (Å²) >= 11 is 0. The molecule has 3 heteroatoms. The minimum absolute atomic E-state index is 0.244. The van der Waals surface area contributed by atoms with Crippen LogP contribution in [0.3, 0.4) is 0 Å². The fourth-order valence-corrected chi connectivity index (χ4v) is 1.41. The lowest BCUT2D eigenvalue weighted by Gasteiger charge is -2.08. The van der Waals surface area contributed by atoms with E-state index in [4.69, 9.17) is 9.47 Å². The van der Waals surface area contributed by atoms with E-state index in [0.29, 0.717) is 25.6 Å². The van der Waals surface area contributed by atoms with Gasteiger partial charge < -0.3 is 9.47 Å². The van der Waals surface area contributed by atoms with E-state index in [9.17, 15) is 4.79 Å². The molecular formula is C14H20O3. The van der Waals surface area contributed by atoms with Crippen LogP contribution in [0.4, 0.5) is 0 Å². The Hall–Kier alpha value is -1.51. The second kappa shape index (κ2) is 6.94. The first-order valence-electron chi connectivity index (χ1n) is 5.95. The van der Waals surface area contributed by atoms with E-state index in [-0.39, 0.29) is 5.97 Å². The van der Waals surface area contributed by atoms with Crippen LogP contribution >= 0.6 is 0 Å². The van der Waals surface area contributed by atoms with Gasteiger partial charge in [-0.15, -0.1) is 0 Å². The number of hydrogen-bond donors (Lipinski definition) is 0. The monoisotopic (exact) mass is 236 g/mol. The van der Waals surface area contributed by atoms with Crippen molar-refractivity contribution in [2.75, 3.05) is 13.2 Å². The molecule has 94 valence electrons. The summed E-state index contributed by atoms with van der Waals surface area (Å²) < 4.78 is 10.3. The van der Waals surface area contributed by atoms with Gasteiger partial charge in [-0.3, -0.25) is 4.79 Å². The molecule has 0 unspecified atom stereocenters. The number of carbonyl (C=O) groups excluding carboxylic acids is 1. The van der Waals surface area contributed by atoms with Crippen molar-refractivity contribution in [1.29, 1.82) is 0 Å². The summed E-state index contributed by atoms with van der Waals surface area (Å²) in [6.07, 6.45) is 0.714. The second-order valence-corrected chi connectivity index (χ2v) is 4.27. The molecule has 0 radical (unpaired) electrons. The first kappa shape index (κ1) is 13.6. The third-order valence-corrected chi connectivity index (χ3v) is 2.41. The van der Waals surface area contributed by atoms with Crippen molar-refractivity contribution in [2.45, 2.75) is 33.1 Å². The topological polar surface area (TPSA) is 35.5 Å². The number of hydrogen-bond acceptors (Lipinski definition) is 3. The van der Waals surface area contributed by atoms with E-state index in [1.54, 1.807) is 0 Å². The standard InChI is InChI=1S/C14H20O3/c1-11(2)13-5-7-14(8-6-13)17-10-4-9-16-12(3)15/h5-8,11H,4,9-10H2,1-3H3. The van der Waals surface area contributed by atoms with Crippen molar-refractivity contribution in [3.8, 4) is 5.75 Å². The number of ether oxygens (including phenoxy) is 2. The van der Waals surface area contributed by atoms with Crippen molar-refractivity contribution in [1.82, 2.24) is 0 Å². The molecule has 0 fully saturated rings. The molecule has 3 nitrogen and oxygen atoms in total. The van der Waals surface area contributed by atoms with Crippen LogP contribution in [-0.2, 0) is 9.53 Å². The SMILES string of the molecule is CC(=O)OCCCOc1ccc(C(C)C)cc1. The predicted molar refractivity (Wildman–Crippen MR) is 67.3 cm³/mol. The quantitative estimate of drug-likeness (QED) is 0.562. The zero-order valence-corrected chi connectivity index (χ0v) is 10.7. The Morgan fingerprint density at radius 3 is 2.35 bits per heavy atom. The first-order chi connectivity index (χ1) is 8.09. The molecule has 0 saturated heterocycles. The van der Waals surface area contributed by atoms with Gasteiger partial charge in [0, 0.05) is 13.3 Å². The summed E-state index contributed by atoms with van der Waals surface area (Å²) in [5.74, 6) is 1.15. The zero-order chi connectivity index (χ0) is 12.7. The first-order valence-corrected chi connectivity index (χ1v) is 5.95. The van der Waals surface area contributed by atoms with Crippen molar-refractivity contribution in [2.24, 2.45) is 0 Å². The fourth-order valence-electron chi connectivity index (χ4n) is 1.41. The van der Waals surface area contributed by atoms with Gasteiger partial charge in [-0.2, -0.15) is 0 Å². The molecule has 1 rings (SSSR count). The largest absolute Gasteiger partial charge is 0.493 e. The minimum Gasteiger partial charge on any atom is -0.493 e. The molecule has 0 aliphatic heterocycles. The molecule has 17 heavy (non-hydrogen) atoms. The van der Waals surface area contributed by atoms with E-state index >= 15 is 0 Å². The highest BCUT2D eigenvalue weighted by molar-refractivity contribution is 5.65. The van der Waals surface area contributed by atoms with Gasteiger partial charge in [0.15, 0.2) is 0 Å². The van der Waals surface area contributed by atoms with Crippen LogP contribution in [0.5, 0.6) is 5.75 Å². The maximum atomic E-state index is 10.5. The Morgan fingerprint density at radius 2 is 1.82 bits per heavy atom. The second-order valence-electron chi connectivity index (χ2n) is 4.27. The summed E-state index contributed by atoms with van der Waals surface area (Å²) in [6, 6.07) is 8.10. The Labute approximate surface area is 103 Å². The highest BCUT2D eigenvalue weighted by Gasteiger charge is 1.99. The van der Waals surface area contributed by atoms with Crippen LogP contribution < -0.4 is 4.74 Å². The van der Waals surface area contributed by atoms with Gasteiger partial charge in [0.1, 0.15) is 5.75 Å². The molecule has 0 aliphatic carbocycles. The average Bonchev–Trinajstić information content (AvgIpc) is 2.29. The number of esters is 1. The maximum Gasteiger partial charge on any atom is 0.302 e. The van der Waals surface area contributed by atoms with Crippen LogP contribution in [0.1, 0.15) is 38.7 Å². The molecule has 0 spiro atoms. The summed E-state index contributed by atoms with van der Waals surface area (Å²) in [7, 11) is 0. The summed E-state index contributed by atoms with van der Waals surface area (Å²) in [6.45, 7) is 6.71. The van der Waals surface area contributed by atoms with E-state index in [1.807, 2.05) is 12.1 Å². The molecule has 0 atom stereocenters. The molecule has 1 aromatic carbocycles. The smallest absolute Gasteiger partial charge is 0.302 e. The normalized spacial score (nSPS) is 10.4. The Bertz CT molecular complexity index is 341. The highest BCUT2D eigenvalue weighted by atomic mass is 16.5. The van der Waals surface area contributed by atoms with E-state index in [1.165, 1.54) is 12.5 Å². The van der Waals surface area contributed by atoms with Crippen molar-refractivity contribution >= 4 is 5.97 Å². The number of carbonyl (C=O) groups is 1. The van der Waals surface area contributed by atoms with Crippen molar-refractivity contribution in [3.63, 3.8) is 0 Å². The van der Waals surface area contributed by atoms with Gasteiger partial charge in [-0.1, -0.05) is 26.0 Å². The van der Waals surface area contributed by atoms with Crippen molar-refractivity contribution in [3.05, 3.63) is 29.8 Å². The molecule has 0 aromatic heterocycles. The lowest BCUT2D eigenvalue weighted by molar-refractivity contribution is -0.141. The molecule has 0 N–H and O–H groups in total. The predicted octanol–water partition coefficient (Wildman–Crippen LogP) is 3.14. The molecule has 0 amide bonds. The van der Waals surface area contributed by atoms with Crippen LogP contribution in [0.15, 0.2) is 24.3 Å². The Morgan fingerprint density at radius 1 is 1.18 bits per heavy atom. The average molecular weight is 236 g/mol. The van der Waals surface area contributed by atoms with E-state index < -0.39 is 0 Å². The summed E-state index contributed by atoms with van der Waals surface area (Å²) in [5, 5.41) is 0. The zero-order valence-electron chi connectivity index (χ0n) is 10.7. The lowest BCUT2D eigenvalue weighted by atomic mass is 10.0. The molecule has 0 aliphatic rings. The van der Waals surface area contributed by atoms with Gasteiger partial charge in [-0.05, 0) is 23.6 Å². The van der Waals surface area contributed by atoms with Crippen LogP contribution in [0.25, 0.3) is 0 Å². The van der Waals surface area contributed by atoms with Crippen LogP contribution in [0, 0.1) is 0 Å². The van der Waals surface area contributed by atoms with Gasteiger partial charge >= 0.3 is 5.97 Å². The minimum atomic E-state index is -0.244. The molecular weight excluding hydrogens is 216 g/mol. The van der Waals surface area contributed by atoms with Gasteiger partial charge in [0.2, 0.25) is 0 Å². The van der Waals surface area contributed by atoms with Crippen LogP contribution in [-0.4, -0.2) is 19.2 Å². The summed E-state index contributed by atoms with van der Waals surface area (Å²) in [4.78, 5) is 10.5. The number of rotatable bonds is 6. The highest BCUT2D eigenvalue weighted by Crippen LogP contribution is 2.18. The Kier molecular flexibility index (Phi) is 5.53. The third kappa shape index (κ3) is 5.38. The van der Waals surface area contributed by atoms with E-state index in [2.05, 4.69) is 26.0 Å². The molecule has 0 bridgehead atoms. The van der Waals surface area contributed by atoms with Crippen LogP contribution in [0.2, 0.25) is 0 Å². The van der Waals surface area contributed by atoms with E-state index in [0.717, 1.165) is 5.75 Å². The number of benzene rings is 1. The van der Waals surface area contributed by atoms with Gasteiger partial charge in [-0.25, -0.2) is 0 Å². The molecule has 1 aromatic rings. The molecule has 0 saturated carbocycles. The summed E-state index contributed by atoms with van der Waals surface area (Å²) in [5.41, 5.74) is 1.30. The Balaban J connectivity index is 2.25. The van der Waals surface area contributed by atoms with Crippen molar-refractivity contribution < 1.29 is 14.3 Å². The third-order valence-electron chi connectivity index (χ3n) is 2.41. The molecule has 0 heterocycles.